The van der Waals surface area contributed by atoms with Crippen LogP contribution in [0.3, 0.4) is 0 Å². The highest BCUT2D eigenvalue weighted by molar-refractivity contribution is 8.13. The molecule has 80 valence electrons. The number of hydrogen-bond acceptors (Lipinski definition) is 4. The summed E-state index contributed by atoms with van der Waals surface area (Å²) in [6, 6.07) is 0. The molecule has 0 aliphatic rings. The van der Waals surface area contributed by atoms with Crippen molar-refractivity contribution in [2.75, 3.05) is 18.8 Å². The lowest BCUT2D eigenvalue weighted by molar-refractivity contribution is 0.570. The van der Waals surface area contributed by atoms with Crippen LogP contribution in [-0.4, -0.2) is 35.7 Å². The zero-order valence-corrected chi connectivity index (χ0v) is 9.34. The van der Waals surface area contributed by atoms with Crippen LogP contribution in [0.15, 0.2) is 0 Å². The average Bonchev–Trinajstić information content (AvgIpc) is 1.82. The molecule has 0 saturated carbocycles. The van der Waals surface area contributed by atoms with Gasteiger partial charge in [0.05, 0.1) is 5.75 Å². The van der Waals surface area contributed by atoms with Crippen LogP contribution in [0.25, 0.3) is 0 Å². The van der Waals surface area contributed by atoms with E-state index >= 15 is 0 Å². The second kappa shape index (κ2) is 5.11. The van der Waals surface area contributed by atoms with E-state index < -0.39 is 25.0 Å². The summed E-state index contributed by atoms with van der Waals surface area (Å²) in [5.41, 5.74) is 0. The van der Waals surface area contributed by atoms with Crippen molar-refractivity contribution in [2.24, 2.45) is 0 Å². The van der Waals surface area contributed by atoms with Crippen molar-refractivity contribution in [1.29, 1.82) is 0 Å². The summed E-state index contributed by atoms with van der Waals surface area (Å²) >= 11 is 0. The molecule has 2 N–H and O–H groups in total. The van der Waals surface area contributed by atoms with Gasteiger partial charge in [-0.3, -0.25) is 0 Å². The number of halogens is 1. The Kier molecular flexibility index (Phi) is 5.15. The molecule has 0 spiro atoms. The molecule has 0 unspecified atom stereocenters. The fraction of sp³-hybridized carbons (Fsp3) is 1.00. The van der Waals surface area contributed by atoms with Crippen molar-refractivity contribution >= 4 is 29.9 Å². The second-order valence-electron chi connectivity index (χ2n) is 2.14. The molecule has 0 heterocycles. The van der Waals surface area contributed by atoms with Gasteiger partial charge in [-0.05, 0) is 0 Å². The van der Waals surface area contributed by atoms with E-state index in [-0.39, 0.29) is 13.1 Å². The Bertz CT molecular complexity index is 335. The molecule has 0 aromatic rings. The minimum Gasteiger partial charge on any atom is -0.212 e. The smallest absolute Gasteiger partial charge is 0.212 e. The minimum absolute atomic E-state index is 0.235. The maximum absolute atomic E-state index is 10.9. The molecule has 0 saturated heterocycles. The van der Waals surface area contributed by atoms with Crippen molar-refractivity contribution in [3.05, 3.63) is 0 Å². The average molecular weight is 251 g/mol. The third-order valence-corrected chi connectivity index (χ3v) is 3.38. The second-order valence-corrected chi connectivity index (χ2v) is 6.62. The van der Waals surface area contributed by atoms with Gasteiger partial charge in [0.25, 0.3) is 10.2 Å². The van der Waals surface area contributed by atoms with Crippen LogP contribution in [0.2, 0.25) is 0 Å². The summed E-state index contributed by atoms with van der Waals surface area (Å²) in [6.45, 7) is 1.61. The third-order valence-electron chi connectivity index (χ3n) is 0.972. The molecule has 9 heteroatoms. The lowest BCUT2D eigenvalue weighted by atomic mass is 10.8. The lowest BCUT2D eigenvalue weighted by Gasteiger charge is -2.04. The van der Waals surface area contributed by atoms with E-state index in [4.69, 9.17) is 10.7 Å². The largest absolute Gasteiger partial charge is 0.276 e. The van der Waals surface area contributed by atoms with Crippen LogP contribution in [0.5, 0.6) is 0 Å². The first-order valence-corrected chi connectivity index (χ1v) is 7.39. The number of rotatable bonds is 6. The van der Waals surface area contributed by atoms with Gasteiger partial charge in [0.1, 0.15) is 0 Å². The first-order chi connectivity index (χ1) is 5.77. The van der Waals surface area contributed by atoms with Crippen molar-refractivity contribution in [1.82, 2.24) is 9.44 Å². The summed E-state index contributed by atoms with van der Waals surface area (Å²) in [7, 11) is -2.37. The van der Waals surface area contributed by atoms with Crippen LogP contribution in [0.1, 0.15) is 6.92 Å². The maximum Gasteiger partial charge on any atom is 0.276 e. The Morgan fingerprint density at radius 3 is 2.08 bits per heavy atom. The van der Waals surface area contributed by atoms with E-state index in [0.29, 0.717) is 0 Å². The molecule has 0 atom stereocenters. The predicted octanol–water partition coefficient (Wildman–Crippen LogP) is -1.00. The molecule has 0 amide bonds. The van der Waals surface area contributed by atoms with Gasteiger partial charge in [-0.15, -0.1) is 0 Å². The molecule has 0 bridgehead atoms. The number of nitrogens with one attached hydrogen (secondary N) is 2. The summed E-state index contributed by atoms with van der Waals surface area (Å²) in [4.78, 5) is 0. The first kappa shape index (κ1) is 13.1. The van der Waals surface area contributed by atoms with Crippen LogP contribution in [0, 0.1) is 0 Å². The van der Waals surface area contributed by atoms with Gasteiger partial charge < -0.3 is 0 Å². The lowest BCUT2D eigenvalue weighted by Crippen LogP contribution is -2.38. The summed E-state index contributed by atoms with van der Waals surface area (Å²) in [5.74, 6) is -0.431. The van der Waals surface area contributed by atoms with E-state index in [1.54, 1.807) is 6.92 Å². The minimum atomic E-state index is -3.64. The predicted molar refractivity (Wildman–Crippen MR) is 50.2 cm³/mol. The van der Waals surface area contributed by atoms with Gasteiger partial charge >= 0.3 is 0 Å². The highest BCUT2D eigenvalue weighted by atomic mass is 35.7. The Morgan fingerprint density at radius 2 is 1.69 bits per heavy atom. The van der Waals surface area contributed by atoms with E-state index in [1.807, 2.05) is 4.72 Å². The van der Waals surface area contributed by atoms with Gasteiger partial charge in [0.15, 0.2) is 0 Å². The van der Waals surface area contributed by atoms with Gasteiger partial charge in [0.2, 0.25) is 9.05 Å². The molecule has 13 heavy (non-hydrogen) atoms. The van der Waals surface area contributed by atoms with E-state index in [1.165, 1.54) is 0 Å². The molecule has 0 aliphatic carbocycles. The van der Waals surface area contributed by atoms with Crippen LogP contribution >= 0.6 is 10.7 Å². The van der Waals surface area contributed by atoms with Crippen LogP contribution in [0.4, 0.5) is 0 Å². The summed E-state index contributed by atoms with van der Waals surface area (Å²) < 4.78 is 46.6. The Balaban J connectivity index is 3.91. The Hall–Kier alpha value is 0.110. The fourth-order valence-corrected chi connectivity index (χ4v) is 2.10. The maximum atomic E-state index is 10.9. The van der Waals surface area contributed by atoms with Gasteiger partial charge in [-0.25, -0.2) is 17.9 Å². The third kappa shape index (κ3) is 8.44. The molecule has 0 rings (SSSR count). The first-order valence-electron chi connectivity index (χ1n) is 3.43. The molecule has 0 aromatic carbocycles. The standard InChI is InChI=1S/C4H11ClN2O4S2/c1-2-6-13(10,11)7-3-4-12(5,8)9/h6-7H,2-4H2,1H3. The van der Waals surface area contributed by atoms with E-state index in [2.05, 4.69) is 4.72 Å². The zero-order valence-electron chi connectivity index (χ0n) is 6.95. The molecule has 6 nitrogen and oxygen atoms in total. The molecule has 0 radical (unpaired) electrons. The van der Waals surface area contributed by atoms with Crippen molar-refractivity contribution in [2.45, 2.75) is 6.92 Å². The summed E-state index contributed by atoms with van der Waals surface area (Å²) in [5, 5.41) is 0. The highest BCUT2D eigenvalue weighted by Crippen LogP contribution is 1.93. The normalized spacial score (nSPS) is 13.1. The SMILES string of the molecule is CCNS(=O)(=O)NCCS(=O)(=O)Cl. The van der Waals surface area contributed by atoms with Gasteiger partial charge in [0, 0.05) is 23.8 Å². The summed E-state index contributed by atoms with van der Waals surface area (Å²) in [6.07, 6.45) is 0. The van der Waals surface area contributed by atoms with Crippen LogP contribution in [-0.2, 0) is 19.3 Å². The Morgan fingerprint density at radius 1 is 1.15 bits per heavy atom. The van der Waals surface area contributed by atoms with Gasteiger partial charge in [-0.2, -0.15) is 8.42 Å². The Labute approximate surface area is 82.3 Å². The topological polar surface area (TPSA) is 92.3 Å². The van der Waals surface area contributed by atoms with Crippen molar-refractivity contribution in [3.63, 3.8) is 0 Å². The van der Waals surface area contributed by atoms with E-state index in [9.17, 15) is 16.8 Å². The molecule has 0 aromatic heterocycles. The molecule has 0 fully saturated rings. The highest BCUT2D eigenvalue weighted by Gasteiger charge is 2.10. The van der Waals surface area contributed by atoms with Crippen molar-refractivity contribution in [3.8, 4) is 0 Å². The van der Waals surface area contributed by atoms with Gasteiger partial charge in [-0.1, -0.05) is 6.92 Å². The number of hydrogen-bond donors (Lipinski definition) is 2. The van der Waals surface area contributed by atoms with E-state index in [0.717, 1.165) is 0 Å². The van der Waals surface area contributed by atoms with Crippen LogP contribution < -0.4 is 9.44 Å². The molecular formula is C4H11ClN2O4S2. The van der Waals surface area contributed by atoms with Crippen molar-refractivity contribution < 1.29 is 16.8 Å². The molecule has 0 aliphatic heterocycles. The quantitative estimate of drug-likeness (QED) is 0.592. The zero-order chi connectivity index (χ0) is 10.5. The molecular weight excluding hydrogens is 240 g/mol. The monoisotopic (exact) mass is 250 g/mol. The fourth-order valence-electron chi connectivity index (χ4n) is 0.539.